The van der Waals surface area contributed by atoms with Gasteiger partial charge in [0.25, 0.3) is 0 Å². The number of unbranched alkanes of at least 4 members (excludes halogenated alkanes) is 7. The summed E-state index contributed by atoms with van der Waals surface area (Å²) >= 11 is 0. The van der Waals surface area contributed by atoms with Crippen LogP contribution < -0.4 is 0 Å². The van der Waals surface area contributed by atoms with Crippen molar-refractivity contribution in [2.24, 2.45) is 98.6 Å². The van der Waals surface area contributed by atoms with Crippen molar-refractivity contribution in [1.29, 1.82) is 0 Å². The number of carbonyl (C=O) groups excluding carboxylic acids is 1. The van der Waals surface area contributed by atoms with E-state index in [4.69, 9.17) is 0 Å². The second-order valence-corrected chi connectivity index (χ2v) is 35.4. The first-order chi connectivity index (χ1) is 42.4. The monoisotopic (exact) mass is 1270 g/mol. The largest absolute Gasteiger partial charge is 0.469 e. The Balaban J connectivity index is -0.000000960. The third-order valence-electron chi connectivity index (χ3n) is 23.4. The van der Waals surface area contributed by atoms with Crippen LogP contribution in [0.4, 0.5) is 0 Å². The minimum absolute atomic E-state index is 0.0755. The molecule has 0 amide bonds. The van der Waals surface area contributed by atoms with E-state index in [1.165, 1.54) is 238 Å². The molecule has 6 fully saturated rings. The lowest BCUT2D eigenvalue weighted by Gasteiger charge is -2.45. The van der Waals surface area contributed by atoms with Gasteiger partial charge in [0.2, 0.25) is 0 Å². The second-order valence-electron chi connectivity index (χ2n) is 35.4. The molecule has 0 saturated heterocycles. The molecule has 2 heteroatoms. The number of methoxy groups -OCH3 is 1. The van der Waals surface area contributed by atoms with Crippen LogP contribution in [-0.2, 0) is 9.53 Å². The normalized spacial score (nSPS) is 27.5. The average molecular weight is 1270 g/mol. The quantitative estimate of drug-likeness (QED) is 0.0637. The standard InChI is InChI=1S/C15H28.C12H24.2C11H24.C10H20.C9H18O2.C9H16.C8H18.C3H8/c1-12-3-7-14(8-4-12)11-15-9-5-13(2)6-10-15;1-6-12(5)8-10(2)7-11(3,4)9-12;1-6-8-10(3)9-11(4,5)7-2;1-6-8-11(4,5)9-10(3)7-2;1-3-9-6-5-7-10(4-2)8-9;1-4-5-6-7-8(2)9(10)11-3;1-2-8-5-7-3-4-9(8)6-7;1-3-5-7-8-6-4-2;1-3-2/h12-15H,3-11H2,1-2H3;10H,6-9H2,1-5H3;2*10H,6-9H2,1-5H3;9-10H,3-8H2,1-2H3;8H,4-7H2,1-3H3;7-9H,2-6H2,1H3;3-8H2,1-2H3;3H2,1-2H3. The molecule has 0 aromatic rings. The van der Waals surface area contributed by atoms with Crippen LogP contribution >= 0.6 is 0 Å². The summed E-state index contributed by atoms with van der Waals surface area (Å²) < 4.78 is 4.60. The Kier molecular flexibility index (Phi) is 58.8. The number of rotatable bonds is 26. The molecule has 10 atom stereocenters. The minimum Gasteiger partial charge on any atom is -0.469 e. The number of ether oxygens (including phenoxy) is 1. The molecule has 0 aliphatic heterocycles. The van der Waals surface area contributed by atoms with Crippen molar-refractivity contribution in [3.8, 4) is 0 Å². The van der Waals surface area contributed by atoms with Crippen molar-refractivity contribution < 1.29 is 9.53 Å². The van der Waals surface area contributed by atoms with E-state index in [2.05, 4.69) is 178 Å². The predicted molar refractivity (Wildman–Crippen MR) is 413 cm³/mol. The molecule has 6 saturated carbocycles. The van der Waals surface area contributed by atoms with Gasteiger partial charge in [-0.05, 0) is 170 Å². The summed E-state index contributed by atoms with van der Waals surface area (Å²) in [6.45, 7) is 60.2. The first-order valence-electron chi connectivity index (χ1n) is 41.5. The molecular weight excluding hydrogens is 1090 g/mol. The first-order valence-corrected chi connectivity index (χ1v) is 41.5. The number of esters is 1. The highest BCUT2D eigenvalue weighted by Crippen LogP contribution is 2.51. The highest BCUT2D eigenvalue weighted by atomic mass is 16.5. The number of fused-ring (bicyclic) bond motifs is 2. The van der Waals surface area contributed by atoms with Crippen molar-refractivity contribution in [3.63, 3.8) is 0 Å². The van der Waals surface area contributed by atoms with Crippen molar-refractivity contribution in [2.75, 3.05) is 7.11 Å². The average Bonchev–Trinajstić information content (AvgIpc) is 2.20. The van der Waals surface area contributed by atoms with Gasteiger partial charge in [-0.25, -0.2) is 0 Å². The van der Waals surface area contributed by atoms with Gasteiger partial charge in [0.15, 0.2) is 0 Å². The van der Waals surface area contributed by atoms with E-state index < -0.39 is 0 Å². The minimum atomic E-state index is -0.0823. The zero-order chi connectivity index (χ0) is 69.2. The lowest BCUT2D eigenvalue weighted by molar-refractivity contribution is -0.145. The summed E-state index contributed by atoms with van der Waals surface area (Å²) in [5.41, 5.74) is 2.35. The smallest absolute Gasteiger partial charge is 0.308 e. The van der Waals surface area contributed by atoms with Gasteiger partial charge in [0, 0.05) is 0 Å². The number of hydrogen-bond acceptors (Lipinski definition) is 2. The van der Waals surface area contributed by atoms with Crippen molar-refractivity contribution in [1.82, 2.24) is 0 Å². The molecule has 0 heterocycles. The van der Waals surface area contributed by atoms with Crippen molar-refractivity contribution in [3.05, 3.63) is 0 Å². The molecule has 2 nitrogen and oxygen atoms in total. The fraction of sp³-hybridized carbons (Fsp3) is 0.989. The van der Waals surface area contributed by atoms with Crippen molar-refractivity contribution >= 4 is 5.97 Å². The van der Waals surface area contributed by atoms with E-state index in [0.717, 1.165) is 83.9 Å². The van der Waals surface area contributed by atoms with Gasteiger partial charge in [-0.2, -0.15) is 0 Å². The summed E-state index contributed by atoms with van der Waals surface area (Å²) in [7, 11) is 1.44. The number of hydrogen-bond donors (Lipinski definition) is 0. The Bertz CT molecular complexity index is 1490. The third kappa shape index (κ3) is 50.8. The van der Waals surface area contributed by atoms with Crippen LogP contribution in [0.15, 0.2) is 0 Å². The first kappa shape index (κ1) is 93.7. The molecule has 544 valence electrons. The maximum Gasteiger partial charge on any atom is 0.308 e. The zero-order valence-corrected chi connectivity index (χ0v) is 68.2. The summed E-state index contributed by atoms with van der Waals surface area (Å²) in [5, 5.41) is 0. The Morgan fingerprint density at radius 3 is 1.34 bits per heavy atom. The summed E-state index contributed by atoms with van der Waals surface area (Å²) in [6, 6.07) is 0. The SMILES string of the molecule is CC1CCC(CC2CCC(C)CC2)CC1.CCC.CCC1(C)CC(C)CC(C)(C)C1.CCC1CC2CCC1C2.CCC1CCCC(CC)C1.CCCC(C)(C)CC(C)CC.CCCC(C)CC(C)(C)CC.CCCCCC(C)C(=O)OC.CCCCCCCC. The molecule has 0 aromatic heterocycles. The van der Waals surface area contributed by atoms with Gasteiger partial charge < -0.3 is 4.74 Å². The van der Waals surface area contributed by atoms with Gasteiger partial charge in [0.1, 0.15) is 0 Å². The molecule has 0 radical (unpaired) electrons. The molecule has 10 unspecified atom stereocenters. The summed E-state index contributed by atoms with van der Waals surface area (Å²) in [6.07, 6.45) is 61.0. The topological polar surface area (TPSA) is 26.3 Å². The van der Waals surface area contributed by atoms with Crippen LogP contribution in [0.2, 0.25) is 0 Å². The van der Waals surface area contributed by atoms with E-state index >= 15 is 0 Å². The summed E-state index contributed by atoms with van der Waals surface area (Å²) in [5.74, 6) is 12.5. The molecule has 0 N–H and O–H groups in total. The highest BCUT2D eigenvalue weighted by Gasteiger charge is 2.39. The Hall–Kier alpha value is -0.530. The van der Waals surface area contributed by atoms with E-state index in [0.29, 0.717) is 21.7 Å². The van der Waals surface area contributed by atoms with Crippen LogP contribution in [0.5, 0.6) is 0 Å². The molecule has 6 rings (SSSR count). The maximum absolute atomic E-state index is 10.9. The van der Waals surface area contributed by atoms with E-state index in [-0.39, 0.29) is 11.9 Å². The third-order valence-corrected chi connectivity index (χ3v) is 23.4. The van der Waals surface area contributed by atoms with Gasteiger partial charge in [-0.3, -0.25) is 4.79 Å². The van der Waals surface area contributed by atoms with Crippen LogP contribution in [-0.4, -0.2) is 13.1 Å². The lowest BCUT2D eigenvalue weighted by atomic mass is 9.60. The van der Waals surface area contributed by atoms with Gasteiger partial charge >= 0.3 is 5.97 Å². The van der Waals surface area contributed by atoms with Crippen LogP contribution in [0.3, 0.4) is 0 Å². The van der Waals surface area contributed by atoms with E-state index in [1.54, 1.807) is 32.1 Å². The fourth-order valence-electron chi connectivity index (χ4n) is 17.5. The predicted octanol–water partition coefficient (Wildman–Crippen LogP) is 31.4. The molecule has 2 bridgehead atoms. The molecule has 6 aliphatic carbocycles. The van der Waals surface area contributed by atoms with Gasteiger partial charge in [0.05, 0.1) is 13.0 Å². The van der Waals surface area contributed by atoms with Crippen LogP contribution in [0.25, 0.3) is 0 Å². The van der Waals surface area contributed by atoms with Crippen molar-refractivity contribution in [2.45, 2.75) is 456 Å². The highest BCUT2D eigenvalue weighted by molar-refractivity contribution is 5.71. The van der Waals surface area contributed by atoms with Crippen LogP contribution in [0, 0.1) is 98.6 Å². The molecule has 0 spiro atoms. The molecule has 0 aromatic carbocycles. The fourth-order valence-corrected chi connectivity index (χ4v) is 17.5. The van der Waals surface area contributed by atoms with Gasteiger partial charge in [-0.1, -0.05) is 379 Å². The molecule has 6 aliphatic rings. The second kappa shape index (κ2) is 56.5. The number of carbonyl (C=O) groups is 1. The Morgan fingerprint density at radius 2 is 0.989 bits per heavy atom. The van der Waals surface area contributed by atoms with E-state index in [1.807, 2.05) is 6.92 Å². The Morgan fingerprint density at radius 1 is 0.500 bits per heavy atom. The lowest BCUT2D eigenvalue weighted by Crippen LogP contribution is -2.34. The Labute approximate surface area is 574 Å². The maximum atomic E-state index is 10.9. The van der Waals surface area contributed by atoms with Gasteiger partial charge in [-0.15, -0.1) is 0 Å². The molecule has 90 heavy (non-hydrogen) atoms. The van der Waals surface area contributed by atoms with Crippen LogP contribution in [0.1, 0.15) is 456 Å². The summed E-state index contributed by atoms with van der Waals surface area (Å²) in [4.78, 5) is 10.9. The van der Waals surface area contributed by atoms with E-state index in [9.17, 15) is 4.79 Å². The molecular formula is C88H180O2. The zero-order valence-electron chi connectivity index (χ0n) is 68.2.